The highest BCUT2D eigenvalue weighted by molar-refractivity contribution is 6.18. The number of rotatable bonds is 2. The Kier molecular flexibility index (Phi) is 2.40. The van der Waals surface area contributed by atoms with E-state index in [1.807, 2.05) is 18.2 Å². The van der Waals surface area contributed by atoms with Crippen molar-refractivity contribution in [3.63, 3.8) is 0 Å². The summed E-state index contributed by atoms with van der Waals surface area (Å²) >= 11 is 0. The molecule has 5 heteroatoms. The summed E-state index contributed by atoms with van der Waals surface area (Å²) in [4.78, 5) is 28.4. The van der Waals surface area contributed by atoms with Crippen LogP contribution in [0.4, 0.5) is 6.01 Å². The fourth-order valence-corrected chi connectivity index (χ4v) is 2.07. The number of aromatic nitrogens is 1. The first-order chi connectivity index (χ1) is 8.69. The van der Waals surface area contributed by atoms with Gasteiger partial charge < -0.3 is 4.42 Å². The molecule has 2 heterocycles. The number of hydrogen-bond acceptors (Lipinski definition) is 4. The van der Waals surface area contributed by atoms with Crippen molar-refractivity contribution in [2.24, 2.45) is 0 Å². The Bertz CT molecular complexity index is 629. The maximum absolute atomic E-state index is 11.6. The predicted octanol–water partition coefficient (Wildman–Crippen LogP) is 2.04. The number of nitrogens with zero attached hydrogens (tertiary/aromatic N) is 2. The van der Waals surface area contributed by atoms with Crippen LogP contribution in [0.2, 0.25) is 0 Å². The summed E-state index contributed by atoms with van der Waals surface area (Å²) in [6.45, 7) is 2.05. The molecule has 0 bridgehead atoms. The molecule has 5 nitrogen and oxygen atoms in total. The number of benzene rings is 1. The quantitative estimate of drug-likeness (QED) is 0.758. The van der Waals surface area contributed by atoms with Gasteiger partial charge in [-0.15, -0.1) is 0 Å². The SMILES string of the molecule is CCc1ccc2oc(N3C(=O)CCC3=O)nc2c1. The zero-order chi connectivity index (χ0) is 12.7. The summed E-state index contributed by atoms with van der Waals surface area (Å²) < 4.78 is 5.47. The molecule has 0 N–H and O–H groups in total. The number of carbonyl (C=O) groups is 2. The average Bonchev–Trinajstić information content (AvgIpc) is 2.91. The minimum absolute atomic E-state index is 0.0887. The summed E-state index contributed by atoms with van der Waals surface area (Å²) in [7, 11) is 0. The topological polar surface area (TPSA) is 63.4 Å². The molecule has 1 aromatic carbocycles. The van der Waals surface area contributed by atoms with Crippen LogP contribution in [0.1, 0.15) is 25.3 Å². The average molecular weight is 244 g/mol. The Morgan fingerprint density at radius 2 is 2.00 bits per heavy atom. The van der Waals surface area contributed by atoms with Gasteiger partial charge in [0.25, 0.3) is 0 Å². The van der Waals surface area contributed by atoms with E-state index in [-0.39, 0.29) is 30.7 Å². The van der Waals surface area contributed by atoms with Gasteiger partial charge in [-0.2, -0.15) is 4.98 Å². The number of carbonyl (C=O) groups excluding carboxylic acids is 2. The van der Waals surface area contributed by atoms with Crippen LogP contribution in [-0.2, 0) is 16.0 Å². The highest BCUT2D eigenvalue weighted by Crippen LogP contribution is 2.26. The minimum Gasteiger partial charge on any atom is -0.423 e. The molecule has 1 aliphatic rings. The number of fused-ring (bicyclic) bond motifs is 1. The van der Waals surface area contributed by atoms with Crippen molar-refractivity contribution in [3.05, 3.63) is 23.8 Å². The van der Waals surface area contributed by atoms with Crippen LogP contribution in [0.15, 0.2) is 22.6 Å². The number of amides is 2. The van der Waals surface area contributed by atoms with Gasteiger partial charge in [-0.05, 0) is 24.1 Å². The Morgan fingerprint density at radius 3 is 2.67 bits per heavy atom. The van der Waals surface area contributed by atoms with Crippen molar-refractivity contribution in [2.45, 2.75) is 26.2 Å². The monoisotopic (exact) mass is 244 g/mol. The maximum atomic E-state index is 11.6. The molecule has 1 aliphatic heterocycles. The van der Waals surface area contributed by atoms with E-state index in [1.165, 1.54) is 0 Å². The summed E-state index contributed by atoms with van der Waals surface area (Å²) in [6, 6.07) is 5.76. The molecule has 0 aliphatic carbocycles. The molecule has 0 saturated carbocycles. The van der Waals surface area contributed by atoms with E-state index in [0.717, 1.165) is 16.9 Å². The standard InChI is InChI=1S/C13H12N2O3/c1-2-8-3-4-10-9(7-8)14-13(18-10)15-11(16)5-6-12(15)17/h3-4,7H,2,5-6H2,1H3. The summed E-state index contributed by atoms with van der Waals surface area (Å²) in [5.74, 6) is -0.496. The molecule has 0 radical (unpaired) electrons. The van der Waals surface area contributed by atoms with Crippen molar-refractivity contribution in [2.75, 3.05) is 4.90 Å². The second-order valence-electron chi connectivity index (χ2n) is 4.27. The van der Waals surface area contributed by atoms with Crippen LogP contribution in [-0.4, -0.2) is 16.8 Å². The van der Waals surface area contributed by atoms with Gasteiger partial charge in [0.2, 0.25) is 11.8 Å². The molecule has 92 valence electrons. The lowest BCUT2D eigenvalue weighted by Crippen LogP contribution is -2.28. The van der Waals surface area contributed by atoms with Crippen molar-refractivity contribution < 1.29 is 14.0 Å². The fourth-order valence-electron chi connectivity index (χ4n) is 2.07. The Hall–Kier alpha value is -2.17. The first-order valence-corrected chi connectivity index (χ1v) is 5.94. The number of hydrogen-bond donors (Lipinski definition) is 0. The van der Waals surface area contributed by atoms with Gasteiger partial charge in [0.1, 0.15) is 5.52 Å². The smallest absolute Gasteiger partial charge is 0.312 e. The molecule has 0 atom stereocenters. The molecule has 1 aromatic heterocycles. The summed E-state index contributed by atoms with van der Waals surface area (Å²) in [6.07, 6.45) is 1.37. The molecule has 0 unspecified atom stereocenters. The fraction of sp³-hybridized carbons (Fsp3) is 0.308. The minimum atomic E-state index is -0.248. The van der Waals surface area contributed by atoms with Crippen LogP contribution in [0.25, 0.3) is 11.1 Å². The number of oxazole rings is 1. The van der Waals surface area contributed by atoms with E-state index >= 15 is 0 Å². The molecule has 2 aromatic rings. The van der Waals surface area contributed by atoms with Crippen LogP contribution in [0.5, 0.6) is 0 Å². The summed E-state index contributed by atoms with van der Waals surface area (Å²) in [5, 5.41) is 0. The van der Waals surface area contributed by atoms with Crippen LogP contribution in [0, 0.1) is 0 Å². The van der Waals surface area contributed by atoms with Crippen LogP contribution >= 0.6 is 0 Å². The van der Waals surface area contributed by atoms with Crippen molar-refractivity contribution in [3.8, 4) is 0 Å². The molecule has 2 amide bonds. The lowest BCUT2D eigenvalue weighted by molar-refractivity contribution is -0.121. The largest absolute Gasteiger partial charge is 0.423 e. The van der Waals surface area contributed by atoms with Crippen LogP contribution < -0.4 is 4.90 Å². The van der Waals surface area contributed by atoms with E-state index in [1.54, 1.807) is 0 Å². The lowest BCUT2D eigenvalue weighted by Gasteiger charge is -2.06. The maximum Gasteiger partial charge on any atom is 0.312 e. The zero-order valence-corrected chi connectivity index (χ0v) is 9.97. The Labute approximate surface area is 103 Å². The second kappa shape index (κ2) is 3.94. The van der Waals surface area contributed by atoms with Gasteiger partial charge in [0, 0.05) is 12.8 Å². The van der Waals surface area contributed by atoms with E-state index in [4.69, 9.17) is 4.42 Å². The van der Waals surface area contributed by atoms with Crippen molar-refractivity contribution in [1.82, 2.24) is 4.98 Å². The molecule has 1 fully saturated rings. The number of aryl methyl sites for hydroxylation is 1. The van der Waals surface area contributed by atoms with E-state index in [0.29, 0.717) is 11.1 Å². The third-order valence-corrected chi connectivity index (χ3v) is 3.09. The molecular formula is C13H12N2O3. The third-order valence-electron chi connectivity index (χ3n) is 3.09. The van der Waals surface area contributed by atoms with E-state index in [9.17, 15) is 9.59 Å². The first kappa shape index (κ1) is 11.0. The van der Waals surface area contributed by atoms with Crippen molar-refractivity contribution in [1.29, 1.82) is 0 Å². The van der Waals surface area contributed by atoms with E-state index < -0.39 is 0 Å². The molecular weight excluding hydrogens is 232 g/mol. The van der Waals surface area contributed by atoms with Gasteiger partial charge in [-0.1, -0.05) is 13.0 Å². The van der Waals surface area contributed by atoms with Gasteiger partial charge in [-0.25, -0.2) is 4.90 Å². The van der Waals surface area contributed by atoms with Gasteiger partial charge in [0.05, 0.1) is 0 Å². The predicted molar refractivity (Wildman–Crippen MR) is 65.1 cm³/mol. The molecule has 1 saturated heterocycles. The Morgan fingerprint density at radius 1 is 1.28 bits per heavy atom. The lowest BCUT2D eigenvalue weighted by atomic mass is 10.1. The normalized spacial score (nSPS) is 15.9. The molecule has 0 spiro atoms. The zero-order valence-electron chi connectivity index (χ0n) is 9.97. The van der Waals surface area contributed by atoms with Gasteiger partial charge in [-0.3, -0.25) is 9.59 Å². The number of imide groups is 1. The second-order valence-corrected chi connectivity index (χ2v) is 4.27. The summed E-state index contributed by atoms with van der Waals surface area (Å²) in [5.41, 5.74) is 2.41. The molecule has 3 rings (SSSR count). The third kappa shape index (κ3) is 1.59. The molecule has 18 heavy (non-hydrogen) atoms. The van der Waals surface area contributed by atoms with Gasteiger partial charge >= 0.3 is 6.01 Å². The number of anilines is 1. The highest BCUT2D eigenvalue weighted by atomic mass is 16.4. The highest BCUT2D eigenvalue weighted by Gasteiger charge is 2.33. The first-order valence-electron chi connectivity index (χ1n) is 5.94. The Balaban J connectivity index is 2.08. The van der Waals surface area contributed by atoms with Crippen LogP contribution in [0.3, 0.4) is 0 Å². The van der Waals surface area contributed by atoms with Gasteiger partial charge in [0.15, 0.2) is 5.58 Å². The van der Waals surface area contributed by atoms with E-state index in [2.05, 4.69) is 11.9 Å². The van der Waals surface area contributed by atoms with Crippen molar-refractivity contribution >= 4 is 28.9 Å².